The van der Waals surface area contributed by atoms with Crippen LogP contribution in [0.2, 0.25) is 0 Å². The molecule has 0 spiro atoms. The van der Waals surface area contributed by atoms with Gasteiger partial charge in [0.25, 0.3) is 0 Å². The summed E-state index contributed by atoms with van der Waals surface area (Å²) >= 11 is 0. The molecule has 0 radical (unpaired) electrons. The van der Waals surface area contributed by atoms with E-state index in [1.807, 2.05) is 0 Å². The molecule has 2 rings (SSSR count). The van der Waals surface area contributed by atoms with Crippen molar-refractivity contribution in [3.63, 3.8) is 0 Å². The first-order valence-electron chi connectivity index (χ1n) is 6.61. The van der Waals surface area contributed by atoms with E-state index in [0.29, 0.717) is 6.10 Å². The van der Waals surface area contributed by atoms with Gasteiger partial charge < -0.3 is 4.74 Å². The van der Waals surface area contributed by atoms with Gasteiger partial charge in [0.05, 0.1) is 6.10 Å². The largest absolute Gasteiger partial charge is 0.374 e. The summed E-state index contributed by atoms with van der Waals surface area (Å²) in [5.41, 5.74) is 2.92. The van der Waals surface area contributed by atoms with Gasteiger partial charge in [-0.1, -0.05) is 50.5 Å². The van der Waals surface area contributed by atoms with E-state index >= 15 is 0 Å². The molecule has 1 aromatic rings. The van der Waals surface area contributed by atoms with Crippen LogP contribution < -0.4 is 0 Å². The zero-order valence-corrected chi connectivity index (χ0v) is 10.2. The topological polar surface area (TPSA) is 9.23 Å². The normalized spacial score (nSPS) is 18.7. The molecule has 1 heteroatoms. The van der Waals surface area contributed by atoms with Gasteiger partial charge in [-0.15, -0.1) is 0 Å². The molecule has 0 heterocycles. The summed E-state index contributed by atoms with van der Waals surface area (Å²) in [7, 11) is 0. The molecule has 16 heavy (non-hydrogen) atoms. The minimum Gasteiger partial charge on any atom is -0.374 e. The average Bonchev–Trinajstić information content (AvgIpc) is 2.73. The van der Waals surface area contributed by atoms with Crippen molar-refractivity contribution in [2.75, 3.05) is 6.61 Å². The second-order valence-corrected chi connectivity index (χ2v) is 4.66. The Morgan fingerprint density at radius 1 is 1.19 bits per heavy atom. The van der Waals surface area contributed by atoms with E-state index in [-0.39, 0.29) is 0 Å². The smallest absolute Gasteiger partial charge is 0.0830 e. The Hall–Kier alpha value is -0.820. The molecular weight excluding hydrogens is 196 g/mol. The van der Waals surface area contributed by atoms with Crippen molar-refractivity contribution in [2.45, 2.75) is 51.6 Å². The summed E-state index contributed by atoms with van der Waals surface area (Å²) in [5, 5.41) is 0. The Bertz CT molecular complexity index is 319. The lowest BCUT2D eigenvalue weighted by atomic mass is 10.1. The van der Waals surface area contributed by atoms with Gasteiger partial charge in [-0.3, -0.25) is 0 Å². The third-order valence-corrected chi connectivity index (χ3v) is 3.39. The molecule has 0 amide bonds. The van der Waals surface area contributed by atoms with Gasteiger partial charge in [0.15, 0.2) is 0 Å². The number of ether oxygens (including phenoxy) is 1. The fraction of sp³-hybridized carbons (Fsp3) is 0.600. The maximum absolute atomic E-state index is 5.98. The van der Waals surface area contributed by atoms with Crippen molar-refractivity contribution in [3.05, 3.63) is 35.4 Å². The zero-order chi connectivity index (χ0) is 11.2. The second kappa shape index (κ2) is 6.05. The van der Waals surface area contributed by atoms with Crippen LogP contribution in [0.25, 0.3) is 0 Å². The summed E-state index contributed by atoms with van der Waals surface area (Å²) < 4.78 is 5.98. The molecule has 1 nitrogen and oxygen atoms in total. The van der Waals surface area contributed by atoms with Crippen LogP contribution >= 0.6 is 0 Å². The standard InChI is InChI=1S/C15H22O/c1-2-3-4-7-12-16-15-11-10-13-8-5-6-9-14(13)15/h5-6,8-9,15H,2-4,7,10-12H2,1H3. The number of unbranched alkanes of at least 4 members (excludes halogenated alkanes) is 3. The van der Waals surface area contributed by atoms with Crippen molar-refractivity contribution < 1.29 is 4.74 Å². The summed E-state index contributed by atoms with van der Waals surface area (Å²) in [4.78, 5) is 0. The van der Waals surface area contributed by atoms with Gasteiger partial charge >= 0.3 is 0 Å². The third kappa shape index (κ3) is 2.85. The molecule has 1 aliphatic carbocycles. The number of hydrogen-bond acceptors (Lipinski definition) is 1. The highest BCUT2D eigenvalue weighted by molar-refractivity contribution is 5.33. The lowest BCUT2D eigenvalue weighted by molar-refractivity contribution is 0.0512. The van der Waals surface area contributed by atoms with Gasteiger partial charge in [0.1, 0.15) is 0 Å². The highest BCUT2D eigenvalue weighted by atomic mass is 16.5. The van der Waals surface area contributed by atoms with E-state index in [2.05, 4.69) is 31.2 Å². The number of fused-ring (bicyclic) bond motifs is 1. The van der Waals surface area contributed by atoms with Gasteiger partial charge in [0.2, 0.25) is 0 Å². The Labute approximate surface area is 98.8 Å². The molecule has 0 aromatic heterocycles. The lowest BCUT2D eigenvalue weighted by Crippen LogP contribution is -2.01. The molecular formula is C15H22O. The number of hydrogen-bond donors (Lipinski definition) is 0. The predicted molar refractivity (Wildman–Crippen MR) is 67.6 cm³/mol. The van der Waals surface area contributed by atoms with Crippen molar-refractivity contribution in [3.8, 4) is 0 Å². The van der Waals surface area contributed by atoms with Crippen molar-refractivity contribution in [1.29, 1.82) is 0 Å². The molecule has 0 aliphatic heterocycles. The van der Waals surface area contributed by atoms with Crippen LogP contribution in [-0.4, -0.2) is 6.61 Å². The van der Waals surface area contributed by atoms with Crippen LogP contribution in [0.3, 0.4) is 0 Å². The van der Waals surface area contributed by atoms with Crippen LogP contribution in [0.5, 0.6) is 0 Å². The van der Waals surface area contributed by atoms with Gasteiger partial charge in [0, 0.05) is 6.61 Å². The molecule has 0 N–H and O–H groups in total. The first-order valence-corrected chi connectivity index (χ1v) is 6.61. The fourth-order valence-corrected chi connectivity index (χ4v) is 2.45. The van der Waals surface area contributed by atoms with Crippen LogP contribution in [0.15, 0.2) is 24.3 Å². The minimum atomic E-state index is 0.373. The van der Waals surface area contributed by atoms with E-state index in [1.54, 1.807) is 0 Å². The molecule has 0 fully saturated rings. The first-order chi connectivity index (χ1) is 7.92. The number of aryl methyl sites for hydroxylation is 1. The highest BCUT2D eigenvalue weighted by Gasteiger charge is 2.21. The highest BCUT2D eigenvalue weighted by Crippen LogP contribution is 2.33. The van der Waals surface area contributed by atoms with Gasteiger partial charge in [-0.05, 0) is 30.4 Å². The quantitative estimate of drug-likeness (QED) is 0.648. The fourth-order valence-electron chi connectivity index (χ4n) is 2.45. The monoisotopic (exact) mass is 218 g/mol. The molecule has 1 atom stereocenters. The summed E-state index contributed by atoms with van der Waals surface area (Å²) in [6.07, 6.45) is 7.90. The molecule has 0 saturated heterocycles. The van der Waals surface area contributed by atoms with E-state index in [4.69, 9.17) is 4.74 Å². The van der Waals surface area contributed by atoms with Crippen molar-refractivity contribution in [1.82, 2.24) is 0 Å². The molecule has 0 saturated carbocycles. The van der Waals surface area contributed by atoms with Crippen molar-refractivity contribution in [2.24, 2.45) is 0 Å². The maximum atomic E-state index is 5.98. The van der Waals surface area contributed by atoms with Crippen LogP contribution in [0, 0.1) is 0 Å². The minimum absolute atomic E-state index is 0.373. The maximum Gasteiger partial charge on any atom is 0.0830 e. The van der Waals surface area contributed by atoms with Crippen LogP contribution in [0.4, 0.5) is 0 Å². The molecule has 1 aromatic carbocycles. The lowest BCUT2D eigenvalue weighted by Gasteiger charge is -2.12. The summed E-state index contributed by atoms with van der Waals surface area (Å²) in [6.45, 7) is 3.17. The average molecular weight is 218 g/mol. The molecule has 1 unspecified atom stereocenters. The van der Waals surface area contributed by atoms with Crippen LogP contribution in [0.1, 0.15) is 56.3 Å². The van der Waals surface area contributed by atoms with Crippen LogP contribution in [-0.2, 0) is 11.2 Å². The summed E-state index contributed by atoms with van der Waals surface area (Å²) in [5.74, 6) is 0. The molecule has 88 valence electrons. The zero-order valence-electron chi connectivity index (χ0n) is 10.2. The second-order valence-electron chi connectivity index (χ2n) is 4.66. The first kappa shape index (κ1) is 11.7. The number of benzene rings is 1. The third-order valence-electron chi connectivity index (χ3n) is 3.39. The van der Waals surface area contributed by atoms with E-state index in [0.717, 1.165) is 6.61 Å². The van der Waals surface area contributed by atoms with E-state index in [1.165, 1.54) is 49.7 Å². The molecule has 0 bridgehead atoms. The van der Waals surface area contributed by atoms with E-state index < -0.39 is 0 Å². The Balaban J connectivity index is 1.76. The predicted octanol–water partition coefficient (Wildman–Crippen LogP) is 4.27. The molecule has 1 aliphatic rings. The van der Waals surface area contributed by atoms with Gasteiger partial charge in [-0.2, -0.15) is 0 Å². The van der Waals surface area contributed by atoms with Gasteiger partial charge in [-0.25, -0.2) is 0 Å². The Morgan fingerprint density at radius 2 is 2.06 bits per heavy atom. The Kier molecular flexibility index (Phi) is 4.41. The van der Waals surface area contributed by atoms with Crippen molar-refractivity contribution >= 4 is 0 Å². The SMILES string of the molecule is CCCCCCOC1CCc2ccccc21. The Morgan fingerprint density at radius 3 is 2.94 bits per heavy atom. The number of rotatable bonds is 6. The van der Waals surface area contributed by atoms with E-state index in [9.17, 15) is 0 Å². The summed E-state index contributed by atoms with van der Waals surface area (Å²) in [6, 6.07) is 8.70.